The van der Waals surface area contributed by atoms with E-state index in [1.807, 2.05) is 37.3 Å². The smallest absolute Gasteiger partial charge is 0.150 e. The van der Waals surface area contributed by atoms with Gasteiger partial charge in [0, 0.05) is 40.3 Å². The van der Waals surface area contributed by atoms with Gasteiger partial charge in [-0.3, -0.25) is 4.79 Å². The summed E-state index contributed by atoms with van der Waals surface area (Å²) in [7, 11) is 0. The number of hydrogen-bond acceptors (Lipinski definition) is 2. The molecule has 0 N–H and O–H groups in total. The van der Waals surface area contributed by atoms with E-state index in [-0.39, 0.29) is 5.78 Å². The number of ketones is 1. The third kappa shape index (κ3) is 3.08. The van der Waals surface area contributed by atoms with E-state index in [1.54, 1.807) is 6.92 Å². The molecule has 0 spiro atoms. The number of hydrogen-bond donors (Lipinski definition) is 0. The minimum Gasteiger partial charge on any atom is -0.341 e. The van der Waals surface area contributed by atoms with Crippen molar-refractivity contribution in [3.8, 4) is 0 Å². The zero-order chi connectivity index (χ0) is 16.1. The number of Topliss-reactive ketones (excluding diaryl/α,β-unsaturated/α-hetero) is 1. The molecule has 3 heteroatoms. The van der Waals surface area contributed by atoms with E-state index in [0.29, 0.717) is 6.42 Å². The summed E-state index contributed by atoms with van der Waals surface area (Å²) >= 11 is 0. The fraction of sp³-hybridized carbons (Fsp3) is 0.263. The Bertz CT molecular complexity index is 815. The van der Waals surface area contributed by atoms with Crippen molar-refractivity contribution >= 4 is 33.9 Å². The Hall–Kier alpha value is -2.42. The van der Waals surface area contributed by atoms with Crippen LogP contribution < -0.4 is 0 Å². The molecule has 22 heavy (non-hydrogen) atoms. The van der Waals surface area contributed by atoms with Gasteiger partial charge in [0.2, 0.25) is 0 Å². The lowest BCUT2D eigenvalue weighted by Gasteiger charge is -2.02. The minimum atomic E-state index is 0.255. The van der Waals surface area contributed by atoms with E-state index in [1.165, 1.54) is 16.4 Å². The van der Waals surface area contributed by atoms with Crippen molar-refractivity contribution in [2.24, 2.45) is 0 Å². The van der Waals surface area contributed by atoms with Crippen LogP contribution >= 0.6 is 0 Å². The summed E-state index contributed by atoms with van der Waals surface area (Å²) < 4.78 is 2.28. The molecule has 0 fully saturated rings. The maximum atomic E-state index is 10.9. The largest absolute Gasteiger partial charge is 0.341 e. The van der Waals surface area contributed by atoms with Crippen LogP contribution in [0.15, 0.2) is 42.5 Å². The van der Waals surface area contributed by atoms with Crippen LogP contribution in [0.25, 0.3) is 21.8 Å². The molecule has 1 heterocycles. The molecule has 0 bridgehead atoms. The first-order chi connectivity index (χ1) is 10.6. The Kier molecular flexibility index (Phi) is 5.10. The fourth-order valence-electron chi connectivity index (χ4n) is 2.49. The van der Waals surface area contributed by atoms with Gasteiger partial charge in [-0.1, -0.05) is 25.1 Å². The molecule has 0 aliphatic rings. The second kappa shape index (κ2) is 7.03. The summed E-state index contributed by atoms with van der Waals surface area (Å²) in [6, 6.07) is 14.2. The number of rotatable bonds is 3. The Balaban J connectivity index is 0.000000309. The highest BCUT2D eigenvalue weighted by atomic mass is 16.1. The first kappa shape index (κ1) is 16.0. The van der Waals surface area contributed by atoms with E-state index < -0.39 is 0 Å². The summed E-state index contributed by atoms with van der Waals surface area (Å²) in [6.07, 6.45) is 1.57. The molecule has 0 amide bonds. The first-order valence-electron chi connectivity index (χ1n) is 7.58. The number of aromatic nitrogens is 1. The molecule has 1 aromatic heterocycles. The highest BCUT2D eigenvalue weighted by molar-refractivity contribution is 6.09. The summed E-state index contributed by atoms with van der Waals surface area (Å²) in [4.78, 5) is 20.7. The lowest BCUT2D eigenvalue weighted by Crippen LogP contribution is -1.92. The van der Waals surface area contributed by atoms with Crippen LogP contribution in [0.4, 0.5) is 0 Å². The molecule has 2 aromatic carbocycles. The summed E-state index contributed by atoms with van der Waals surface area (Å²) in [5.41, 5.74) is 3.16. The Morgan fingerprint density at radius 3 is 2.27 bits per heavy atom. The van der Waals surface area contributed by atoms with Crippen molar-refractivity contribution < 1.29 is 9.59 Å². The van der Waals surface area contributed by atoms with Gasteiger partial charge in [-0.2, -0.15) is 0 Å². The van der Waals surface area contributed by atoms with Gasteiger partial charge in [0.1, 0.15) is 12.1 Å². The van der Waals surface area contributed by atoms with Crippen molar-refractivity contribution in [3.05, 3.63) is 48.0 Å². The lowest BCUT2D eigenvalue weighted by molar-refractivity contribution is -0.116. The summed E-state index contributed by atoms with van der Waals surface area (Å²) in [5.74, 6) is 0.255. The first-order valence-corrected chi connectivity index (χ1v) is 7.58. The van der Waals surface area contributed by atoms with Gasteiger partial charge in [-0.15, -0.1) is 0 Å². The van der Waals surface area contributed by atoms with Crippen LogP contribution in [-0.2, 0) is 11.3 Å². The highest BCUT2D eigenvalue weighted by Crippen LogP contribution is 2.29. The average Bonchev–Trinajstić information content (AvgIpc) is 2.88. The third-order valence-electron chi connectivity index (χ3n) is 3.75. The number of carbonyl (C=O) groups excluding carboxylic acids is 2. The molecule has 0 radical (unpaired) electrons. The molecule has 0 unspecified atom stereocenters. The molecular weight excluding hydrogens is 274 g/mol. The van der Waals surface area contributed by atoms with Gasteiger partial charge >= 0.3 is 0 Å². The fourth-order valence-corrected chi connectivity index (χ4v) is 2.49. The zero-order valence-corrected chi connectivity index (χ0v) is 13.3. The average molecular weight is 295 g/mol. The Morgan fingerprint density at radius 1 is 1.05 bits per heavy atom. The number of nitrogens with zero attached hydrogens (tertiary/aromatic N) is 1. The number of carbonyl (C=O) groups is 2. The van der Waals surface area contributed by atoms with Crippen molar-refractivity contribution in [1.29, 1.82) is 0 Å². The van der Waals surface area contributed by atoms with Crippen molar-refractivity contribution in [2.75, 3.05) is 0 Å². The van der Waals surface area contributed by atoms with Gasteiger partial charge in [0.25, 0.3) is 0 Å². The van der Waals surface area contributed by atoms with E-state index in [9.17, 15) is 9.59 Å². The molecule has 3 aromatic rings. The second-order valence-corrected chi connectivity index (χ2v) is 5.21. The summed E-state index contributed by atoms with van der Waals surface area (Å²) in [6.45, 7) is 6.51. The van der Waals surface area contributed by atoms with Crippen molar-refractivity contribution in [2.45, 2.75) is 33.7 Å². The number of aldehydes is 1. The van der Waals surface area contributed by atoms with Crippen LogP contribution in [0, 0.1) is 0 Å². The van der Waals surface area contributed by atoms with Gasteiger partial charge in [-0.05, 0) is 38.1 Å². The lowest BCUT2D eigenvalue weighted by atomic mass is 10.1. The molecule has 3 nitrogen and oxygen atoms in total. The SMILES string of the molecule is CCC(C)=O.CCn1c2ccccc2c2cc(C=O)ccc21. The van der Waals surface area contributed by atoms with Crippen molar-refractivity contribution in [1.82, 2.24) is 4.57 Å². The predicted molar refractivity (Wildman–Crippen MR) is 91.5 cm³/mol. The number of benzene rings is 2. The third-order valence-corrected chi connectivity index (χ3v) is 3.75. The molecule has 0 aliphatic carbocycles. The molecule has 0 aliphatic heterocycles. The molecule has 114 valence electrons. The van der Waals surface area contributed by atoms with E-state index in [2.05, 4.69) is 23.6 Å². The molecule has 3 rings (SSSR count). The maximum absolute atomic E-state index is 10.9. The predicted octanol–water partition coefficient (Wildman–Crippen LogP) is 4.61. The second-order valence-electron chi connectivity index (χ2n) is 5.21. The van der Waals surface area contributed by atoms with Gasteiger partial charge in [0.15, 0.2) is 0 Å². The van der Waals surface area contributed by atoms with E-state index in [0.717, 1.165) is 23.8 Å². The van der Waals surface area contributed by atoms with Gasteiger partial charge < -0.3 is 9.36 Å². The summed E-state index contributed by atoms with van der Waals surface area (Å²) in [5, 5.41) is 2.38. The van der Waals surface area contributed by atoms with Crippen LogP contribution in [0.2, 0.25) is 0 Å². The quantitative estimate of drug-likeness (QED) is 0.662. The van der Waals surface area contributed by atoms with E-state index >= 15 is 0 Å². The normalized spacial score (nSPS) is 10.3. The number of fused-ring (bicyclic) bond motifs is 3. The zero-order valence-electron chi connectivity index (χ0n) is 13.3. The highest BCUT2D eigenvalue weighted by Gasteiger charge is 2.08. The van der Waals surface area contributed by atoms with Gasteiger partial charge in [-0.25, -0.2) is 0 Å². The van der Waals surface area contributed by atoms with Crippen LogP contribution in [-0.4, -0.2) is 16.6 Å². The molecule has 0 atom stereocenters. The Labute approximate surface area is 130 Å². The molecular formula is C19H21NO2. The monoisotopic (exact) mass is 295 g/mol. The van der Waals surface area contributed by atoms with Gasteiger partial charge in [0.05, 0.1) is 0 Å². The standard InChI is InChI=1S/C15H13NO.C4H8O/c1-2-16-14-6-4-3-5-12(14)13-9-11(10-17)7-8-15(13)16;1-3-4(2)5/h3-10H,2H2,1H3;3H2,1-2H3. The van der Waals surface area contributed by atoms with Crippen LogP contribution in [0.3, 0.4) is 0 Å². The van der Waals surface area contributed by atoms with Crippen LogP contribution in [0.1, 0.15) is 37.6 Å². The molecule has 0 saturated carbocycles. The van der Waals surface area contributed by atoms with Crippen LogP contribution in [0.5, 0.6) is 0 Å². The van der Waals surface area contributed by atoms with Crippen molar-refractivity contribution in [3.63, 3.8) is 0 Å². The number of para-hydroxylation sites is 1. The van der Waals surface area contributed by atoms with E-state index in [4.69, 9.17) is 0 Å². The number of aryl methyl sites for hydroxylation is 1. The Morgan fingerprint density at radius 2 is 1.68 bits per heavy atom. The minimum absolute atomic E-state index is 0.255. The molecule has 0 saturated heterocycles. The maximum Gasteiger partial charge on any atom is 0.150 e. The topological polar surface area (TPSA) is 39.1 Å².